The number of aromatic nitrogens is 3. The van der Waals surface area contributed by atoms with E-state index in [9.17, 15) is 27.9 Å². The quantitative estimate of drug-likeness (QED) is 0.402. The van der Waals surface area contributed by atoms with Crippen molar-refractivity contribution >= 4 is 29.0 Å². The van der Waals surface area contributed by atoms with Gasteiger partial charge in [-0.1, -0.05) is 12.1 Å². The van der Waals surface area contributed by atoms with Crippen LogP contribution < -0.4 is 15.4 Å². The molecule has 0 fully saturated rings. The highest BCUT2D eigenvalue weighted by atomic mass is 19.4. The van der Waals surface area contributed by atoms with Gasteiger partial charge in [0.2, 0.25) is 0 Å². The van der Waals surface area contributed by atoms with Gasteiger partial charge in [-0.25, -0.2) is 19.1 Å². The zero-order valence-electron chi connectivity index (χ0n) is 16.5. The lowest BCUT2D eigenvalue weighted by Crippen LogP contribution is -2.19. The van der Waals surface area contributed by atoms with Crippen molar-refractivity contribution in [3.63, 3.8) is 0 Å². The third kappa shape index (κ3) is 5.01. The Kier molecular flexibility index (Phi) is 5.56. The van der Waals surface area contributed by atoms with Gasteiger partial charge in [0.15, 0.2) is 5.65 Å². The number of carbonyl (C=O) groups is 2. The minimum atomic E-state index is -4.80. The van der Waals surface area contributed by atoms with E-state index in [1.807, 2.05) is 0 Å². The number of urea groups is 1. The highest BCUT2D eigenvalue weighted by Gasteiger charge is 2.31. The van der Waals surface area contributed by atoms with Gasteiger partial charge in [0.1, 0.15) is 11.3 Å². The van der Waals surface area contributed by atoms with Gasteiger partial charge in [-0.15, -0.1) is 13.2 Å². The Morgan fingerprint density at radius 1 is 1.00 bits per heavy atom. The molecule has 33 heavy (non-hydrogen) atoms. The van der Waals surface area contributed by atoms with E-state index >= 15 is 0 Å². The lowest BCUT2D eigenvalue weighted by molar-refractivity contribution is -0.274. The molecule has 0 aliphatic rings. The van der Waals surface area contributed by atoms with Crippen LogP contribution in [0.2, 0.25) is 0 Å². The summed E-state index contributed by atoms with van der Waals surface area (Å²) in [5, 5.41) is 18.5. The molecule has 3 N–H and O–H groups in total. The molecule has 0 saturated carbocycles. The number of nitrogens with one attached hydrogen (secondary N) is 2. The number of halogens is 3. The van der Waals surface area contributed by atoms with Crippen molar-refractivity contribution in [3.8, 4) is 17.0 Å². The van der Waals surface area contributed by atoms with Gasteiger partial charge in [-0.05, 0) is 42.5 Å². The number of ether oxygens (including phenoxy) is 1. The molecule has 0 unspecified atom stereocenters. The van der Waals surface area contributed by atoms with Gasteiger partial charge >= 0.3 is 18.4 Å². The van der Waals surface area contributed by atoms with E-state index in [-0.39, 0.29) is 16.9 Å². The molecule has 0 atom stereocenters. The molecule has 9 nitrogen and oxygen atoms in total. The number of hydrogen-bond donors (Lipinski definition) is 3. The molecule has 4 rings (SSSR count). The zero-order valence-corrected chi connectivity index (χ0v) is 16.5. The van der Waals surface area contributed by atoms with Crippen LogP contribution in [0, 0.1) is 0 Å². The average molecular weight is 457 g/mol. The van der Waals surface area contributed by atoms with E-state index in [4.69, 9.17) is 0 Å². The molecule has 2 heterocycles. The average Bonchev–Trinajstić information content (AvgIpc) is 3.19. The van der Waals surface area contributed by atoms with Crippen molar-refractivity contribution in [2.75, 3.05) is 10.6 Å². The van der Waals surface area contributed by atoms with Crippen molar-refractivity contribution in [1.82, 2.24) is 14.6 Å². The molecule has 2 aromatic heterocycles. The molecule has 2 amide bonds. The highest BCUT2D eigenvalue weighted by molar-refractivity contribution is 6.00. The minimum absolute atomic E-state index is 0.0443. The van der Waals surface area contributed by atoms with Crippen LogP contribution in [0.5, 0.6) is 5.75 Å². The Morgan fingerprint density at radius 3 is 2.42 bits per heavy atom. The van der Waals surface area contributed by atoms with E-state index < -0.39 is 24.1 Å². The summed E-state index contributed by atoms with van der Waals surface area (Å²) in [5.74, 6) is -1.56. The maximum absolute atomic E-state index is 12.3. The molecular weight excluding hydrogens is 443 g/mol. The Hall–Kier alpha value is -4.61. The number of amides is 2. The van der Waals surface area contributed by atoms with E-state index in [0.717, 1.165) is 12.1 Å². The summed E-state index contributed by atoms with van der Waals surface area (Å²) in [5.41, 5.74) is 1.99. The van der Waals surface area contributed by atoms with Crippen LogP contribution in [0.3, 0.4) is 0 Å². The van der Waals surface area contributed by atoms with Crippen molar-refractivity contribution in [1.29, 1.82) is 0 Å². The first-order chi connectivity index (χ1) is 15.7. The number of carboxylic acid groups (broad SMARTS) is 1. The van der Waals surface area contributed by atoms with Crippen molar-refractivity contribution in [2.24, 2.45) is 0 Å². The SMILES string of the molecule is O=C(Nc1ccc(OC(F)(F)F)cc1)Nc1cccc(-c2ccnc3c(C(=O)O)cnn23)c1. The number of carboxylic acids is 1. The van der Waals surface area contributed by atoms with Gasteiger partial charge in [0.25, 0.3) is 0 Å². The Balaban J connectivity index is 1.49. The van der Waals surface area contributed by atoms with Crippen LogP contribution >= 0.6 is 0 Å². The van der Waals surface area contributed by atoms with Crippen LogP contribution in [-0.4, -0.2) is 38.1 Å². The van der Waals surface area contributed by atoms with Crippen molar-refractivity contribution in [3.05, 3.63) is 72.6 Å². The number of anilines is 2. The predicted molar refractivity (Wildman–Crippen MR) is 111 cm³/mol. The molecule has 0 saturated heterocycles. The Bertz CT molecular complexity index is 1340. The summed E-state index contributed by atoms with van der Waals surface area (Å²) in [6.45, 7) is 0. The second kappa shape index (κ2) is 8.49. The highest BCUT2D eigenvalue weighted by Crippen LogP contribution is 2.25. The monoisotopic (exact) mass is 457 g/mol. The Labute approximate surface area is 183 Å². The number of hydrogen-bond acceptors (Lipinski definition) is 5. The number of rotatable bonds is 5. The zero-order chi connectivity index (χ0) is 23.6. The van der Waals surface area contributed by atoms with Crippen molar-refractivity contribution in [2.45, 2.75) is 6.36 Å². The third-order valence-corrected chi connectivity index (χ3v) is 4.39. The van der Waals surface area contributed by atoms with E-state index in [0.29, 0.717) is 16.9 Å². The predicted octanol–water partition coefficient (Wildman–Crippen LogP) is 4.64. The number of fused-ring (bicyclic) bond motifs is 1. The van der Waals surface area contributed by atoms with Gasteiger partial charge < -0.3 is 20.5 Å². The molecule has 0 bridgehead atoms. The molecule has 0 spiro atoms. The number of benzene rings is 2. The van der Waals surface area contributed by atoms with Gasteiger partial charge in [-0.3, -0.25) is 0 Å². The lowest BCUT2D eigenvalue weighted by atomic mass is 10.1. The summed E-state index contributed by atoms with van der Waals surface area (Å²) < 4.78 is 41.9. The summed E-state index contributed by atoms with van der Waals surface area (Å²) in [4.78, 5) is 27.7. The fourth-order valence-corrected chi connectivity index (χ4v) is 3.05. The summed E-state index contributed by atoms with van der Waals surface area (Å²) in [6.07, 6.45) is -2.14. The normalized spacial score (nSPS) is 11.2. The standard InChI is InChI=1S/C21H14F3N5O4/c22-21(23,24)33-15-6-4-13(5-7-15)27-20(32)28-14-3-1-2-12(10-14)17-8-9-25-18-16(19(30)31)11-26-29(17)18/h1-11H,(H,30,31)(H2,27,28,32). The summed E-state index contributed by atoms with van der Waals surface area (Å²) in [6, 6.07) is 12.4. The van der Waals surface area contributed by atoms with Crippen LogP contribution in [0.1, 0.15) is 10.4 Å². The molecule has 0 aliphatic heterocycles. The van der Waals surface area contributed by atoms with E-state index in [2.05, 4.69) is 25.5 Å². The van der Waals surface area contributed by atoms with Crippen molar-refractivity contribution < 1.29 is 32.6 Å². The maximum Gasteiger partial charge on any atom is 0.573 e. The molecule has 2 aromatic carbocycles. The summed E-state index contributed by atoms with van der Waals surface area (Å²) in [7, 11) is 0. The molecule has 0 radical (unpaired) electrons. The minimum Gasteiger partial charge on any atom is -0.477 e. The first kappa shape index (κ1) is 21.6. The van der Waals surface area contributed by atoms with Gasteiger partial charge in [0.05, 0.1) is 11.9 Å². The number of alkyl halides is 3. The van der Waals surface area contributed by atoms with Crippen LogP contribution in [0.25, 0.3) is 16.9 Å². The molecule has 168 valence electrons. The van der Waals surface area contributed by atoms with E-state index in [1.165, 1.54) is 29.0 Å². The van der Waals surface area contributed by atoms with Gasteiger partial charge in [0, 0.05) is 23.1 Å². The molecule has 0 aliphatic carbocycles. The fourth-order valence-electron chi connectivity index (χ4n) is 3.05. The number of aromatic carboxylic acids is 1. The maximum atomic E-state index is 12.3. The van der Waals surface area contributed by atoms with Crippen LogP contribution in [0.4, 0.5) is 29.3 Å². The molecule has 12 heteroatoms. The van der Waals surface area contributed by atoms with E-state index in [1.54, 1.807) is 30.3 Å². The smallest absolute Gasteiger partial charge is 0.477 e. The molecule has 4 aromatic rings. The second-order valence-electron chi connectivity index (χ2n) is 6.66. The molecular formula is C21H14F3N5O4. The first-order valence-corrected chi connectivity index (χ1v) is 9.30. The first-order valence-electron chi connectivity index (χ1n) is 9.30. The lowest BCUT2D eigenvalue weighted by Gasteiger charge is -2.11. The summed E-state index contributed by atoms with van der Waals surface area (Å²) >= 11 is 0. The van der Waals surface area contributed by atoms with Crippen LogP contribution in [0.15, 0.2) is 67.0 Å². The third-order valence-electron chi connectivity index (χ3n) is 4.39. The Morgan fingerprint density at radius 2 is 1.73 bits per heavy atom. The number of nitrogens with zero attached hydrogens (tertiary/aromatic N) is 3. The topological polar surface area (TPSA) is 118 Å². The fraction of sp³-hybridized carbons (Fsp3) is 0.0476. The second-order valence-corrected chi connectivity index (χ2v) is 6.66. The number of carbonyl (C=O) groups excluding carboxylic acids is 1. The van der Waals surface area contributed by atoms with Crippen LogP contribution in [-0.2, 0) is 0 Å². The largest absolute Gasteiger partial charge is 0.573 e. The van der Waals surface area contributed by atoms with Gasteiger partial charge in [-0.2, -0.15) is 5.10 Å².